The van der Waals surface area contributed by atoms with Crippen LogP contribution in [-0.4, -0.2) is 27.8 Å². The van der Waals surface area contributed by atoms with Crippen LogP contribution in [0.1, 0.15) is 34.5 Å². The lowest BCUT2D eigenvalue weighted by molar-refractivity contribution is -0.116. The minimum atomic E-state index is -0.0551. The molecule has 0 unspecified atom stereocenters. The third kappa shape index (κ3) is 4.08. The summed E-state index contributed by atoms with van der Waals surface area (Å²) in [6.45, 7) is 8.18. The molecule has 2 aromatic heterocycles. The van der Waals surface area contributed by atoms with Crippen LogP contribution in [0.5, 0.6) is 5.75 Å². The summed E-state index contributed by atoms with van der Waals surface area (Å²) in [5.74, 6) is 0.593. The Balaban J connectivity index is 1.60. The summed E-state index contributed by atoms with van der Waals surface area (Å²) in [6, 6.07) is 15.7. The molecule has 6 heteroatoms. The summed E-state index contributed by atoms with van der Waals surface area (Å²) in [5.41, 5.74) is 7.81. The molecule has 0 saturated heterocycles. The smallest absolute Gasteiger partial charge is 0.224 e. The number of nitrogens with zero attached hydrogens (tertiary/aromatic N) is 3. The van der Waals surface area contributed by atoms with E-state index in [-0.39, 0.29) is 5.91 Å². The molecule has 0 aliphatic heterocycles. The quantitative estimate of drug-likeness (QED) is 0.456. The minimum Gasteiger partial charge on any atom is -0.495 e. The molecule has 2 heterocycles. The van der Waals surface area contributed by atoms with E-state index in [2.05, 4.69) is 43.4 Å². The molecule has 0 bridgehead atoms. The van der Waals surface area contributed by atoms with E-state index in [1.54, 1.807) is 7.11 Å². The van der Waals surface area contributed by atoms with Crippen molar-refractivity contribution in [3.05, 3.63) is 76.6 Å². The summed E-state index contributed by atoms with van der Waals surface area (Å²) in [4.78, 5) is 17.5. The molecular formula is C26H28N4O2. The SMILES string of the molecule is COc1ccccc1NC(=O)CCc1c(C)nc2c(c(C)nn2-c2ccc(C)cc2)c1C. The van der Waals surface area contributed by atoms with E-state index in [9.17, 15) is 4.79 Å². The second-order valence-corrected chi connectivity index (χ2v) is 8.08. The fraction of sp³-hybridized carbons (Fsp3) is 0.269. The van der Waals surface area contributed by atoms with Crippen molar-refractivity contribution in [2.45, 2.75) is 40.5 Å². The van der Waals surface area contributed by atoms with Crippen molar-refractivity contribution >= 4 is 22.6 Å². The highest BCUT2D eigenvalue weighted by atomic mass is 16.5. The topological polar surface area (TPSA) is 69.0 Å². The van der Waals surface area contributed by atoms with Crippen molar-refractivity contribution in [3.63, 3.8) is 0 Å². The summed E-state index contributed by atoms with van der Waals surface area (Å²) in [7, 11) is 1.59. The Morgan fingerprint density at radius 2 is 1.72 bits per heavy atom. The van der Waals surface area contributed by atoms with E-state index in [1.165, 1.54) is 5.56 Å². The first-order valence-corrected chi connectivity index (χ1v) is 10.7. The number of aromatic nitrogens is 3. The second kappa shape index (κ2) is 8.83. The van der Waals surface area contributed by atoms with Gasteiger partial charge in [-0.15, -0.1) is 0 Å². The van der Waals surface area contributed by atoms with Crippen LogP contribution in [0, 0.1) is 27.7 Å². The van der Waals surface area contributed by atoms with E-state index in [1.807, 2.05) is 42.8 Å². The Kier molecular flexibility index (Phi) is 5.95. The number of rotatable bonds is 6. The molecule has 1 N–H and O–H groups in total. The number of para-hydroxylation sites is 2. The van der Waals surface area contributed by atoms with E-state index in [0.717, 1.165) is 39.2 Å². The Morgan fingerprint density at radius 3 is 2.44 bits per heavy atom. The third-order valence-electron chi connectivity index (χ3n) is 5.84. The van der Waals surface area contributed by atoms with E-state index < -0.39 is 0 Å². The summed E-state index contributed by atoms with van der Waals surface area (Å²) < 4.78 is 7.22. The Morgan fingerprint density at radius 1 is 1.00 bits per heavy atom. The Hall–Kier alpha value is -3.67. The first-order chi connectivity index (χ1) is 15.4. The van der Waals surface area contributed by atoms with Crippen molar-refractivity contribution in [1.82, 2.24) is 14.8 Å². The first kappa shape index (κ1) is 21.6. The molecule has 0 aliphatic carbocycles. The van der Waals surface area contributed by atoms with Gasteiger partial charge in [0, 0.05) is 17.5 Å². The normalized spacial score (nSPS) is 11.0. The number of anilines is 1. The van der Waals surface area contributed by atoms with Gasteiger partial charge >= 0.3 is 0 Å². The number of nitrogens with one attached hydrogen (secondary N) is 1. The lowest BCUT2D eigenvalue weighted by atomic mass is 9.99. The van der Waals surface area contributed by atoms with E-state index in [0.29, 0.717) is 24.3 Å². The zero-order chi connectivity index (χ0) is 22.8. The average molecular weight is 429 g/mol. The second-order valence-electron chi connectivity index (χ2n) is 8.08. The maximum atomic E-state index is 12.6. The van der Waals surface area contributed by atoms with Crippen molar-refractivity contribution in [2.24, 2.45) is 0 Å². The number of carbonyl (C=O) groups excluding carboxylic acids is 1. The first-order valence-electron chi connectivity index (χ1n) is 10.7. The fourth-order valence-corrected chi connectivity index (χ4v) is 4.14. The Labute approximate surface area is 188 Å². The van der Waals surface area contributed by atoms with Gasteiger partial charge in [0.15, 0.2) is 5.65 Å². The highest BCUT2D eigenvalue weighted by Gasteiger charge is 2.18. The van der Waals surface area contributed by atoms with E-state index in [4.69, 9.17) is 14.8 Å². The molecule has 4 rings (SSSR count). The molecule has 0 spiro atoms. The number of methoxy groups -OCH3 is 1. The van der Waals surface area contributed by atoms with Crippen molar-refractivity contribution < 1.29 is 9.53 Å². The van der Waals surface area contributed by atoms with Gasteiger partial charge in [-0.1, -0.05) is 29.8 Å². The number of hydrogen-bond donors (Lipinski definition) is 1. The molecular weight excluding hydrogens is 400 g/mol. The van der Waals surface area contributed by atoms with E-state index >= 15 is 0 Å². The van der Waals surface area contributed by atoms with Crippen molar-refractivity contribution in [3.8, 4) is 11.4 Å². The van der Waals surface area contributed by atoms with Crippen molar-refractivity contribution in [1.29, 1.82) is 0 Å². The molecule has 0 atom stereocenters. The van der Waals surface area contributed by atoms with Gasteiger partial charge in [0.1, 0.15) is 5.75 Å². The standard InChI is InChI=1S/C26H28N4O2/c1-16-10-12-20(13-11-16)30-26-25(19(4)29-30)17(2)21(18(3)27-26)14-15-24(31)28-22-8-6-7-9-23(22)32-5/h6-13H,14-15H2,1-5H3,(H,28,31). The maximum Gasteiger partial charge on any atom is 0.224 e. The predicted octanol–water partition coefficient (Wildman–Crippen LogP) is 5.23. The molecule has 4 aromatic rings. The molecule has 1 amide bonds. The number of pyridine rings is 1. The van der Waals surface area contributed by atoms with Crippen molar-refractivity contribution in [2.75, 3.05) is 12.4 Å². The molecule has 164 valence electrons. The molecule has 0 aliphatic rings. The minimum absolute atomic E-state index is 0.0551. The van der Waals surface area contributed by atoms with Crippen LogP contribution >= 0.6 is 0 Å². The van der Waals surface area contributed by atoms with Crippen LogP contribution in [0.3, 0.4) is 0 Å². The van der Waals surface area contributed by atoms with Crippen LogP contribution in [0.25, 0.3) is 16.7 Å². The number of ether oxygens (including phenoxy) is 1. The van der Waals surface area contributed by atoms with Gasteiger partial charge in [-0.3, -0.25) is 4.79 Å². The Bertz CT molecular complexity index is 1290. The summed E-state index contributed by atoms with van der Waals surface area (Å²) >= 11 is 0. The van der Waals surface area contributed by atoms with Gasteiger partial charge < -0.3 is 10.1 Å². The number of amides is 1. The highest BCUT2D eigenvalue weighted by molar-refractivity contribution is 5.92. The molecule has 2 aromatic carbocycles. The zero-order valence-electron chi connectivity index (χ0n) is 19.2. The summed E-state index contributed by atoms with van der Waals surface area (Å²) in [6.07, 6.45) is 0.967. The summed E-state index contributed by atoms with van der Waals surface area (Å²) in [5, 5.41) is 8.76. The maximum absolute atomic E-state index is 12.6. The lowest BCUT2D eigenvalue weighted by Gasteiger charge is -2.13. The number of carbonyl (C=O) groups is 1. The lowest BCUT2D eigenvalue weighted by Crippen LogP contribution is -2.14. The van der Waals surface area contributed by atoms with Gasteiger partial charge in [0.25, 0.3) is 0 Å². The van der Waals surface area contributed by atoms with Crippen LogP contribution < -0.4 is 10.1 Å². The molecule has 6 nitrogen and oxygen atoms in total. The number of fused-ring (bicyclic) bond motifs is 1. The fourth-order valence-electron chi connectivity index (χ4n) is 4.14. The highest BCUT2D eigenvalue weighted by Crippen LogP contribution is 2.29. The van der Waals surface area contributed by atoms with Gasteiger partial charge in [-0.25, -0.2) is 9.67 Å². The molecule has 32 heavy (non-hydrogen) atoms. The van der Waals surface area contributed by atoms with Gasteiger partial charge in [-0.05, 0) is 69.5 Å². The number of aryl methyl sites for hydroxylation is 4. The third-order valence-corrected chi connectivity index (χ3v) is 5.84. The van der Waals surface area contributed by atoms with Crippen LogP contribution in [0.2, 0.25) is 0 Å². The molecule has 0 saturated carbocycles. The van der Waals surface area contributed by atoms with Gasteiger partial charge in [0.05, 0.1) is 24.2 Å². The van der Waals surface area contributed by atoms with Crippen LogP contribution in [0.4, 0.5) is 5.69 Å². The number of benzene rings is 2. The average Bonchev–Trinajstić information content (AvgIpc) is 3.10. The monoisotopic (exact) mass is 428 g/mol. The predicted molar refractivity (Wildman–Crippen MR) is 128 cm³/mol. The zero-order valence-corrected chi connectivity index (χ0v) is 19.2. The molecule has 0 radical (unpaired) electrons. The van der Waals surface area contributed by atoms with Gasteiger partial charge in [-0.2, -0.15) is 5.10 Å². The molecule has 0 fully saturated rings. The van der Waals surface area contributed by atoms with Gasteiger partial charge in [0.2, 0.25) is 5.91 Å². The number of hydrogen-bond acceptors (Lipinski definition) is 4. The van der Waals surface area contributed by atoms with Crippen LogP contribution in [0.15, 0.2) is 48.5 Å². The largest absolute Gasteiger partial charge is 0.495 e. The van der Waals surface area contributed by atoms with Crippen LogP contribution in [-0.2, 0) is 11.2 Å².